The van der Waals surface area contributed by atoms with E-state index in [2.05, 4.69) is 9.97 Å². The van der Waals surface area contributed by atoms with Crippen LogP contribution in [-0.4, -0.2) is 46.2 Å². The molecule has 1 unspecified atom stereocenters. The lowest BCUT2D eigenvalue weighted by atomic mass is 10.2. The smallest absolute Gasteiger partial charge is 0.341 e. The van der Waals surface area contributed by atoms with Crippen molar-refractivity contribution in [2.24, 2.45) is 0 Å². The van der Waals surface area contributed by atoms with Gasteiger partial charge in [-0.05, 0) is 27.2 Å². The Hall–Kier alpha value is -2.18. The monoisotopic (exact) mass is 295 g/mol. The number of ether oxygens (including phenoxy) is 1. The number of aromatic nitrogens is 2. The Kier molecular flexibility index (Phi) is 6.08. The first-order valence-electron chi connectivity index (χ1n) is 6.89. The topological polar surface area (TPSA) is 92.6 Å². The molecule has 116 valence electrons. The van der Waals surface area contributed by atoms with Crippen molar-refractivity contribution >= 4 is 17.9 Å². The van der Waals surface area contributed by atoms with Crippen molar-refractivity contribution in [2.75, 3.05) is 18.1 Å². The lowest BCUT2D eigenvalue weighted by Gasteiger charge is -2.27. The molecule has 1 aromatic rings. The summed E-state index contributed by atoms with van der Waals surface area (Å²) in [7, 11) is 0. The van der Waals surface area contributed by atoms with Gasteiger partial charge in [0.1, 0.15) is 6.54 Å². The Morgan fingerprint density at radius 3 is 2.57 bits per heavy atom. The van der Waals surface area contributed by atoms with Crippen LogP contribution in [0.4, 0.5) is 5.95 Å². The first kappa shape index (κ1) is 16.9. The highest BCUT2D eigenvalue weighted by molar-refractivity contribution is 5.90. The highest BCUT2D eigenvalue weighted by atomic mass is 16.5. The molecule has 0 aliphatic carbocycles. The van der Waals surface area contributed by atoms with Gasteiger partial charge in [0.05, 0.1) is 17.9 Å². The second-order valence-electron chi connectivity index (χ2n) is 4.67. The van der Waals surface area contributed by atoms with Crippen LogP contribution in [0.25, 0.3) is 0 Å². The average molecular weight is 295 g/mol. The van der Waals surface area contributed by atoms with E-state index in [0.29, 0.717) is 17.2 Å². The normalized spacial score (nSPS) is 11.8. The third-order valence-electron chi connectivity index (χ3n) is 3.15. The van der Waals surface area contributed by atoms with Crippen LogP contribution in [0.15, 0.2) is 6.20 Å². The lowest BCUT2D eigenvalue weighted by Crippen LogP contribution is -2.38. The molecule has 0 aliphatic rings. The van der Waals surface area contributed by atoms with Crippen molar-refractivity contribution in [3.63, 3.8) is 0 Å². The molecule has 7 nitrogen and oxygen atoms in total. The number of esters is 1. The summed E-state index contributed by atoms with van der Waals surface area (Å²) in [5.41, 5.74) is 0.761. The second kappa shape index (κ2) is 7.56. The van der Waals surface area contributed by atoms with Gasteiger partial charge in [0, 0.05) is 12.2 Å². The van der Waals surface area contributed by atoms with Crippen molar-refractivity contribution in [3.8, 4) is 0 Å². The third kappa shape index (κ3) is 4.40. The molecular weight excluding hydrogens is 274 g/mol. The molecule has 0 fully saturated rings. The SMILES string of the molecule is CCOC(=O)c1cnc(N(CC(=O)O)C(C)CC)nc1C. The molecule has 0 amide bonds. The van der Waals surface area contributed by atoms with Gasteiger partial charge in [0.15, 0.2) is 0 Å². The van der Waals surface area contributed by atoms with E-state index in [4.69, 9.17) is 9.84 Å². The fourth-order valence-electron chi connectivity index (χ4n) is 1.79. The molecule has 21 heavy (non-hydrogen) atoms. The van der Waals surface area contributed by atoms with Gasteiger partial charge in [-0.1, -0.05) is 6.92 Å². The quantitative estimate of drug-likeness (QED) is 0.764. The van der Waals surface area contributed by atoms with Crippen LogP contribution in [0.3, 0.4) is 0 Å². The lowest BCUT2D eigenvalue weighted by molar-refractivity contribution is -0.135. The summed E-state index contributed by atoms with van der Waals surface area (Å²) in [5, 5.41) is 9.00. The average Bonchev–Trinajstić information content (AvgIpc) is 2.43. The van der Waals surface area contributed by atoms with Crippen LogP contribution in [0.5, 0.6) is 0 Å². The van der Waals surface area contributed by atoms with E-state index < -0.39 is 11.9 Å². The molecule has 0 radical (unpaired) electrons. The maximum Gasteiger partial charge on any atom is 0.341 e. The predicted octanol–water partition coefficient (Wildman–Crippen LogP) is 1.65. The van der Waals surface area contributed by atoms with E-state index in [1.807, 2.05) is 13.8 Å². The molecule has 1 heterocycles. The Labute approximate surface area is 124 Å². The number of nitrogens with zero attached hydrogens (tertiary/aromatic N) is 3. The number of carboxylic acid groups (broad SMARTS) is 1. The zero-order valence-electron chi connectivity index (χ0n) is 12.8. The van der Waals surface area contributed by atoms with Gasteiger partial charge in [-0.3, -0.25) is 4.79 Å². The fourth-order valence-corrected chi connectivity index (χ4v) is 1.79. The molecular formula is C14H21N3O4. The number of carboxylic acids is 1. The van der Waals surface area contributed by atoms with E-state index in [-0.39, 0.29) is 19.2 Å². The maximum absolute atomic E-state index is 11.7. The number of aryl methyl sites for hydroxylation is 1. The Balaban J connectivity index is 3.08. The van der Waals surface area contributed by atoms with E-state index in [1.54, 1.807) is 18.7 Å². The molecule has 1 aromatic heterocycles. The van der Waals surface area contributed by atoms with Gasteiger partial charge in [0.2, 0.25) is 5.95 Å². The molecule has 0 spiro atoms. The number of hydrogen-bond acceptors (Lipinski definition) is 6. The molecule has 1 N–H and O–H groups in total. The van der Waals surface area contributed by atoms with E-state index in [0.717, 1.165) is 6.42 Å². The van der Waals surface area contributed by atoms with Gasteiger partial charge in [-0.25, -0.2) is 14.8 Å². The van der Waals surface area contributed by atoms with E-state index in [1.165, 1.54) is 6.20 Å². The molecule has 0 saturated carbocycles. The predicted molar refractivity (Wildman–Crippen MR) is 77.5 cm³/mol. The van der Waals surface area contributed by atoms with E-state index >= 15 is 0 Å². The minimum absolute atomic E-state index is 0.0195. The van der Waals surface area contributed by atoms with Gasteiger partial charge < -0.3 is 14.7 Å². The summed E-state index contributed by atoms with van der Waals surface area (Å²) in [6.45, 7) is 7.35. The second-order valence-corrected chi connectivity index (χ2v) is 4.67. The number of aliphatic carboxylic acids is 1. The van der Waals surface area contributed by atoms with Gasteiger partial charge >= 0.3 is 11.9 Å². The minimum atomic E-state index is -0.953. The molecule has 0 aliphatic heterocycles. The number of carbonyl (C=O) groups excluding carboxylic acids is 1. The summed E-state index contributed by atoms with van der Waals surface area (Å²) in [5.74, 6) is -1.13. The zero-order valence-corrected chi connectivity index (χ0v) is 12.8. The summed E-state index contributed by atoms with van der Waals surface area (Å²) in [4.78, 5) is 32.6. The largest absolute Gasteiger partial charge is 0.480 e. The van der Waals surface area contributed by atoms with Crippen molar-refractivity contribution in [1.82, 2.24) is 9.97 Å². The van der Waals surface area contributed by atoms with Gasteiger partial charge in [0.25, 0.3) is 0 Å². The van der Waals surface area contributed by atoms with Gasteiger partial charge in [-0.2, -0.15) is 0 Å². The summed E-state index contributed by atoms with van der Waals surface area (Å²) < 4.78 is 4.92. The number of carbonyl (C=O) groups is 2. The van der Waals surface area contributed by atoms with E-state index in [9.17, 15) is 9.59 Å². The van der Waals surface area contributed by atoms with Crippen molar-refractivity contribution in [3.05, 3.63) is 17.5 Å². The van der Waals surface area contributed by atoms with Gasteiger partial charge in [-0.15, -0.1) is 0 Å². The van der Waals surface area contributed by atoms with Crippen LogP contribution >= 0.6 is 0 Å². The Morgan fingerprint density at radius 1 is 1.43 bits per heavy atom. The Morgan fingerprint density at radius 2 is 2.10 bits per heavy atom. The van der Waals surface area contributed by atoms with Crippen molar-refractivity contribution in [1.29, 1.82) is 0 Å². The summed E-state index contributed by atoms with van der Waals surface area (Å²) in [6, 6.07) is -0.0195. The number of anilines is 1. The highest BCUT2D eigenvalue weighted by Gasteiger charge is 2.21. The minimum Gasteiger partial charge on any atom is -0.480 e. The number of hydrogen-bond donors (Lipinski definition) is 1. The summed E-state index contributed by atoms with van der Waals surface area (Å²) in [6.07, 6.45) is 2.14. The standard InChI is InChI=1S/C14H21N3O4/c1-5-9(3)17(8-12(18)19)14-15-7-11(10(4)16-14)13(20)21-6-2/h7,9H,5-6,8H2,1-4H3,(H,18,19). The van der Waals surface area contributed by atoms with Crippen LogP contribution in [0.1, 0.15) is 43.2 Å². The van der Waals surface area contributed by atoms with Crippen LogP contribution in [0.2, 0.25) is 0 Å². The molecule has 0 aromatic carbocycles. The molecule has 1 atom stereocenters. The van der Waals surface area contributed by atoms with Crippen LogP contribution in [-0.2, 0) is 9.53 Å². The third-order valence-corrected chi connectivity index (χ3v) is 3.15. The number of rotatable bonds is 7. The summed E-state index contributed by atoms with van der Waals surface area (Å²) >= 11 is 0. The molecule has 7 heteroatoms. The maximum atomic E-state index is 11.7. The van der Waals surface area contributed by atoms with Crippen LogP contribution in [0, 0.1) is 6.92 Å². The highest BCUT2D eigenvalue weighted by Crippen LogP contribution is 2.16. The van der Waals surface area contributed by atoms with Crippen molar-refractivity contribution in [2.45, 2.75) is 40.2 Å². The first-order valence-corrected chi connectivity index (χ1v) is 6.89. The van der Waals surface area contributed by atoms with Crippen molar-refractivity contribution < 1.29 is 19.4 Å². The zero-order chi connectivity index (χ0) is 16.0. The first-order chi connectivity index (χ1) is 9.90. The Bertz CT molecular complexity index is 519. The fraction of sp³-hybridized carbons (Fsp3) is 0.571. The molecule has 0 bridgehead atoms. The molecule has 0 saturated heterocycles. The molecule has 1 rings (SSSR count). The van der Waals surface area contributed by atoms with Crippen LogP contribution < -0.4 is 4.90 Å².